The van der Waals surface area contributed by atoms with E-state index in [0.29, 0.717) is 17.3 Å². The van der Waals surface area contributed by atoms with E-state index in [4.69, 9.17) is 11.6 Å². The predicted octanol–water partition coefficient (Wildman–Crippen LogP) is 3.28. The van der Waals surface area contributed by atoms with E-state index in [2.05, 4.69) is 5.32 Å². The fraction of sp³-hybridized carbons (Fsp3) is 0.391. The number of carbonyl (C=O) groups is 2. The van der Waals surface area contributed by atoms with E-state index >= 15 is 0 Å². The minimum absolute atomic E-state index is 0.138. The zero-order valence-electron chi connectivity index (χ0n) is 19.1. The second-order valence-electron chi connectivity index (χ2n) is 7.78. The molecule has 0 spiro atoms. The molecule has 2 aromatic rings. The van der Waals surface area contributed by atoms with Crippen LogP contribution in [0.3, 0.4) is 0 Å². The number of rotatable bonds is 9. The van der Waals surface area contributed by atoms with Gasteiger partial charge in [-0.1, -0.05) is 41.4 Å². The van der Waals surface area contributed by atoms with Crippen LogP contribution in [-0.4, -0.2) is 50.5 Å². The van der Waals surface area contributed by atoms with E-state index in [1.807, 2.05) is 13.0 Å². The van der Waals surface area contributed by atoms with Gasteiger partial charge in [-0.2, -0.15) is 0 Å². The zero-order chi connectivity index (χ0) is 24.1. The van der Waals surface area contributed by atoms with Crippen LogP contribution < -0.4 is 9.62 Å². The van der Waals surface area contributed by atoms with Crippen LogP contribution in [0, 0.1) is 13.8 Å². The third-order valence-electron chi connectivity index (χ3n) is 5.08. The van der Waals surface area contributed by atoms with Crippen molar-refractivity contribution in [1.29, 1.82) is 0 Å². The molecule has 0 radical (unpaired) electrons. The van der Waals surface area contributed by atoms with Crippen molar-refractivity contribution in [3.05, 3.63) is 64.2 Å². The van der Waals surface area contributed by atoms with Crippen LogP contribution in [0.2, 0.25) is 5.02 Å². The molecule has 0 saturated heterocycles. The summed E-state index contributed by atoms with van der Waals surface area (Å²) in [6, 6.07) is 11.5. The molecule has 0 aliphatic carbocycles. The van der Waals surface area contributed by atoms with Crippen molar-refractivity contribution in [1.82, 2.24) is 10.2 Å². The maximum atomic E-state index is 13.4. The Labute approximate surface area is 195 Å². The monoisotopic (exact) mass is 479 g/mol. The van der Waals surface area contributed by atoms with Gasteiger partial charge in [0.05, 0.1) is 11.9 Å². The molecule has 174 valence electrons. The molecule has 7 nitrogen and oxygen atoms in total. The summed E-state index contributed by atoms with van der Waals surface area (Å²) in [5.74, 6) is -0.795. The Balaban J connectivity index is 2.40. The lowest BCUT2D eigenvalue weighted by molar-refractivity contribution is -0.139. The van der Waals surface area contributed by atoms with Gasteiger partial charge in [-0.15, -0.1) is 0 Å². The lowest BCUT2D eigenvalue weighted by atomic mass is 10.1. The molecule has 0 aliphatic rings. The molecule has 0 heterocycles. The quantitative estimate of drug-likeness (QED) is 0.598. The molecule has 0 unspecified atom stereocenters. The Morgan fingerprint density at radius 3 is 2.25 bits per heavy atom. The van der Waals surface area contributed by atoms with Crippen LogP contribution in [0.25, 0.3) is 0 Å². The van der Waals surface area contributed by atoms with E-state index in [0.717, 1.165) is 27.3 Å². The second kappa shape index (κ2) is 10.8. The van der Waals surface area contributed by atoms with Crippen molar-refractivity contribution in [2.75, 3.05) is 23.7 Å². The minimum Gasteiger partial charge on any atom is -0.355 e. The van der Waals surface area contributed by atoms with E-state index in [9.17, 15) is 18.0 Å². The average Bonchev–Trinajstić information content (AvgIpc) is 2.71. The predicted molar refractivity (Wildman–Crippen MR) is 128 cm³/mol. The summed E-state index contributed by atoms with van der Waals surface area (Å²) >= 11 is 5.96. The van der Waals surface area contributed by atoms with Crippen molar-refractivity contribution < 1.29 is 18.0 Å². The van der Waals surface area contributed by atoms with E-state index in [-0.39, 0.29) is 12.5 Å². The van der Waals surface area contributed by atoms with Crippen molar-refractivity contribution in [3.63, 3.8) is 0 Å². The van der Waals surface area contributed by atoms with Crippen molar-refractivity contribution in [2.24, 2.45) is 0 Å². The second-order valence-corrected chi connectivity index (χ2v) is 10.1. The molecule has 2 rings (SSSR count). The van der Waals surface area contributed by atoms with Gasteiger partial charge >= 0.3 is 0 Å². The van der Waals surface area contributed by atoms with Crippen LogP contribution in [0.4, 0.5) is 5.69 Å². The molecule has 1 atom stereocenters. The highest BCUT2D eigenvalue weighted by Crippen LogP contribution is 2.24. The summed E-state index contributed by atoms with van der Waals surface area (Å²) in [6.07, 6.45) is 1.07. The number of nitrogens with zero attached hydrogens (tertiary/aromatic N) is 2. The van der Waals surface area contributed by atoms with Gasteiger partial charge in [0.25, 0.3) is 0 Å². The van der Waals surface area contributed by atoms with Gasteiger partial charge < -0.3 is 10.2 Å². The standard InChI is InChI=1S/C23H30ClN3O4S/c1-6-25-23(29)18(4)26(14-19-8-10-20(24)11-9-19)22(28)15-27(32(5,30)31)21-12-7-16(2)13-17(21)3/h7-13,18H,6,14-15H2,1-5H3,(H,25,29)/t18-/m0/s1. The number of halogens is 1. The highest BCUT2D eigenvalue weighted by molar-refractivity contribution is 7.92. The third kappa shape index (κ3) is 6.71. The number of carbonyl (C=O) groups excluding carboxylic acids is 2. The van der Waals surface area contributed by atoms with E-state index in [1.54, 1.807) is 57.2 Å². The zero-order valence-corrected chi connectivity index (χ0v) is 20.6. The van der Waals surface area contributed by atoms with Crippen LogP contribution in [0.15, 0.2) is 42.5 Å². The molecule has 0 fully saturated rings. The van der Waals surface area contributed by atoms with Crippen LogP contribution in [0.5, 0.6) is 0 Å². The normalized spacial score (nSPS) is 12.2. The fourth-order valence-electron chi connectivity index (χ4n) is 3.37. The van der Waals surface area contributed by atoms with Gasteiger partial charge in [0.1, 0.15) is 12.6 Å². The van der Waals surface area contributed by atoms with Crippen LogP contribution >= 0.6 is 11.6 Å². The molecular weight excluding hydrogens is 450 g/mol. The SMILES string of the molecule is CCNC(=O)[C@H](C)N(Cc1ccc(Cl)cc1)C(=O)CN(c1ccc(C)cc1C)S(C)(=O)=O. The first-order valence-corrected chi connectivity index (χ1v) is 12.5. The number of hydrogen-bond donors (Lipinski definition) is 1. The van der Waals surface area contributed by atoms with Gasteiger partial charge in [0, 0.05) is 18.1 Å². The molecule has 0 aromatic heterocycles. The van der Waals surface area contributed by atoms with E-state index in [1.165, 1.54) is 4.90 Å². The molecule has 9 heteroatoms. The third-order valence-corrected chi connectivity index (χ3v) is 6.46. The Hall–Kier alpha value is -2.58. The summed E-state index contributed by atoms with van der Waals surface area (Å²) < 4.78 is 26.3. The summed E-state index contributed by atoms with van der Waals surface area (Å²) in [5.41, 5.74) is 2.93. The Morgan fingerprint density at radius 2 is 1.72 bits per heavy atom. The van der Waals surface area contributed by atoms with Crippen molar-refractivity contribution >= 4 is 39.1 Å². The molecule has 2 aromatic carbocycles. The molecule has 32 heavy (non-hydrogen) atoms. The number of aryl methyl sites for hydroxylation is 2. The van der Waals surface area contributed by atoms with Gasteiger partial charge in [-0.05, 0) is 57.0 Å². The van der Waals surface area contributed by atoms with Gasteiger partial charge in [0.2, 0.25) is 21.8 Å². The molecule has 0 saturated carbocycles. The summed E-state index contributed by atoms with van der Waals surface area (Å²) in [6.45, 7) is 7.27. The number of benzene rings is 2. The van der Waals surface area contributed by atoms with Gasteiger partial charge in [-0.25, -0.2) is 8.42 Å². The number of hydrogen-bond acceptors (Lipinski definition) is 4. The van der Waals surface area contributed by atoms with Crippen LogP contribution in [0.1, 0.15) is 30.5 Å². The lowest BCUT2D eigenvalue weighted by Crippen LogP contribution is -2.51. The number of amides is 2. The molecule has 1 N–H and O–H groups in total. The number of nitrogens with one attached hydrogen (secondary N) is 1. The molecular formula is C23H30ClN3O4S. The Morgan fingerprint density at radius 1 is 1.09 bits per heavy atom. The Bertz CT molecular complexity index is 1070. The first-order chi connectivity index (χ1) is 14.9. The lowest BCUT2D eigenvalue weighted by Gasteiger charge is -2.32. The molecule has 0 bridgehead atoms. The van der Waals surface area contributed by atoms with Gasteiger partial charge in [0.15, 0.2) is 0 Å². The first-order valence-electron chi connectivity index (χ1n) is 10.3. The molecule has 2 amide bonds. The molecule has 0 aliphatic heterocycles. The first kappa shape index (κ1) is 25.7. The smallest absolute Gasteiger partial charge is 0.244 e. The van der Waals surface area contributed by atoms with Crippen LogP contribution in [-0.2, 0) is 26.2 Å². The van der Waals surface area contributed by atoms with Crippen molar-refractivity contribution in [2.45, 2.75) is 40.3 Å². The summed E-state index contributed by atoms with van der Waals surface area (Å²) in [4.78, 5) is 27.3. The average molecular weight is 480 g/mol. The minimum atomic E-state index is -3.75. The maximum absolute atomic E-state index is 13.4. The van der Waals surface area contributed by atoms with E-state index < -0.39 is 28.5 Å². The number of sulfonamides is 1. The van der Waals surface area contributed by atoms with Gasteiger partial charge in [-0.3, -0.25) is 13.9 Å². The number of anilines is 1. The Kier molecular flexibility index (Phi) is 8.69. The largest absolute Gasteiger partial charge is 0.355 e. The maximum Gasteiger partial charge on any atom is 0.244 e. The highest BCUT2D eigenvalue weighted by Gasteiger charge is 2.30. The summed E-state index contributed by atoms with van der Waals surface area (Å²) in [7, 11) is -3.75. The topological polar surface area (TPSA) is 86.8 Å². The number of likely N-dealkylation sites (N-methyl/N-ethyl adjacent to an activating group) is 1. The van der Waals surface area contributed by atoms with Crippen molar-refractivity contribution in [3.8, 4) is 0 Å². The fourth-order valence-corrected chi connectivity index (χ4v) is 4.40. The highest BCUT2D eigenvalue weighted by atomic mass is 35.5. The summed E-state index contributed by atoms with van der Waals surface area (Å²) in [5, 5.41) is 3.28.